The molecular formula is C47H58N2O14S. The average Bonchev–Trinajstić information content (AvgIpc) is 3.27. The van der Waals surface area contributed by atoms with E-state index in [-0.39, 0.29) is 37.8 Å². The fourth-order valence-corrected chi connectivity index (χ4v) is 8.65. The molecule has 3 aromatic carbocycles. The SMILES string of the molecule is COc1cc2c(cc1OC)CN(CC1OC(c3ccc(CNC(=S)CC4OC(COC(C)=O)C(OC(C)=O)C(OC(C)=O)C4OC(C)=O)cc3)OC(c3ccc(CO)cc3)C1C)CC2. The van der Waals surface area contributed by atoms with Crippen molar-refractivity contribution >= 4 is 41.1 Å². The van der Waals surface area contributed by atoms with Crippen molar-refractivity contribution in [1.29, 1.82) is 0 Å². The van der Waals surface area contributed by atoms with Crippen LogP contribution in [0.4, 0.5) is 0 Å². The number of thiocarbonyl (C=S) groups is 1. The summed E-state index contributed by atoms with van der Waals surface area (Å²) in [5.41, 5.74) is 5.97. The van der Waals surface area contributed by atoms with E-state index in [9.17, 15) is 24.3 Å². The summed E-state index contributed by atoms with van der Waals surface area (Å²) in [5, 5.41) is 12.9. The van der Waals surface area contributed by atoms with Crippen molar-refractivity contribution in [2.75, 3.05) is 33.9 Å². The Hall–Kier alpha value is -5.17. The average molecular weight is 907 g/mol. The van der Waals surface area contributed by atoms with Gasteiger partial charge < -0.3 is 53.1 Å². The highest BCUT2D eigenvalue weighted by molar-refractivity contribution is 7.80. The molecule has 346 valence electrons. The molecule has 64 heavy (non-hydrogen) atoms. The zero-order chi connectivity index (χ0) is 46.1. The number of esters is 4. The third-order valence-electron chi connectivity index (χ3n) is 11.6. The van der Waals surface area contributed by atoms with Crippen LogP contribution in [-0.4, -0.2) is 109 Å². The van der Waals surface area contributed by atoms with Crippen LogP contribution in [0.1, 0.15) is 86.8 Å². The minimum atomic E-state index is -1.28. The van der Waals surface area contributed by atoms with Crippen LogP contribution >= 0.6 is 12.2 Å². The highest BCUT2D eigenvalue weighted by Crippen LogP contribution is 2.43. The molecule has 0 spiro atoms. The third kappa shape index (κ3) is 12.3. The van der Waals surface area contributed by atoms with Gasteiger partial charge in [-0.15, -0.1) is 0 Å². The molecule has 16 nitrogen and oxygen atoms in total. The molecule has 2 fully saturated rings. The van der Waals surface area contributed by atoms with E-state index < -0.39 is 60.7 Å². The van der Waals surface area contributed by atoms with Gasteiger partial charge in [-0.1, -0.05) is 67.7 Å². The van der Waals surface area contributed by atoms with Crippen LogP contribution in [-0.2, 0) is 78.5 Å². The summed E-state index contributed by atoms with van der Waals surface area (Å²) in [6, 6.07) is 19.8. The molecule has 17 heteroatoms. The van der Waals surface area contributed by atoms with Crippen molar-refractivity contribution < 1.29 is 66.9 Å². The lowest BCUT2D eigenvalue weighted by Crippen LogP contribution is -2.62. The molecule has 2 saturated heterocycles. The molecule has 3 aromatic rings. The van der Waals surface area contributed by atoms with E-state index >= 15 is 0 Å². The van der Waals surface area contributed by atoms with Crippen molar-refractivity contribution in [1.82, 2.24) is 10.2 Å². The summed E-state index contributed by atoms with van der Waals surface area (Å²) in [6.07, 6.45) is -6.05. The Bertz CT molecular complexity index is 2120. The molecule has 0 aliphatic carbocycles. The number of hydrogen-bond acceptors (Lipinski definition) is 16. The standard InChI is InChI=1S/C47H58N2O14S/c1-26-40(23-49-17-16-35-18-37(55-6)38(56-7)19-36(35)22-49)62-47(63-43(26)33-12-10-32(24-50)11-13-33)34-14-8-31(9-15-34)21-48-42(64)20-39-44(58-28(3)52)46(60-30(5)54)45(59-29(4)53)41(61-39)25-57-27(2)51/h8-15,18-19,26,39-41,43-47,50H,16-17,20-25H2,1-7H3,(H,48,64). The number of benzene rings is 3. The number of nitrogens with one attached hydrogen (secondary N) is 1. The first-order valence-electron chi connectivity index (χ1n) is 21.3. The van der Waals surface area contributed by atoms with Gasteiger partial charge >= 0.3 is 23.9 Å². The van der Waals surface area contributed by atoms with Gasteiger partial charge in [0.25, 0.3) is 0 Å². The van der Waals surface area contributed by atoms with Crippen molar-refractivity contribution in [3.63, 3.8) is 0 Å². The number of aliphatic hydroxyl groups is 1. The van der Waals surface area contributed by atoms with Crippen molar-refractivity contribution in [3.8, 4) is 11.5 Å². The van der Waals surface area contributed by atoms with Crippen LogP contribution in [0, 0.1) is 5.92 Å². The lowest BCUT2D eigenvalue weighted by molar-refractivity contribution is -0.276. The van der Waals surface area contributed by atoms with E-state index in [0.717, 1.165) is 47.5 Å². The van der Waals surface area contributed by atoms with E-state index in [2.05, 4.69) is 29.3 Å². The predicted octanol–water partition coefficient (Wildman–Crippen LogP) is 4.98. The van der Waals surface area contributed by atoms with E-state index in [0.29, 0.717) is 23.8 Å². The smallest absolute Gasteiger partial charge is 0.303 e. The van der Waals surface area contributed by atoms with Crippen LogP contribution < -0.4 is 14.8 Å². The summed E-state index contributed by atoms with van der Waals surface area (Å²) < 4.78 is 52.7. The van der Waals surface area contributed by atoms with Gasteiger partial charge in [0.2, 0.25) is 0 Å². The minimum Gasteiger partial charge on any atom is -0.493 e. The number of methoxy groups -OCH3 is 2. The minimum absolute atomic E-state index is 0.00473. The maximum Gasteiger partial charge on any atom is 0.303 e. The second kappa shape index (κ2) is 22.1. The molecule has 0 aromatic heterocycles. The number of aliphatic hydroxyl groups excluding tert-OH is 1. The van der Waals surface area contributed by atoms with Crippen LogP contribution in [0.5, 0.6) is 11.5 Å². The number of carbonyl (C=O) groups excluding carboxylic acids is 4. The first-order chi connectivity index (χ1) is 30.6. The second-order valence-electron chi connectivity index (χ2n) is 16.2. The highest BCUT2D eigenvalue weighted by atomic mass is 32.1. The van der Waals surface area contributed by atoms with Gasteiger partial charge in [0.15, 0.2) is 36.1 Å². The van der Waals surface area contributed by atoms with Gasteiger partial charge in [-0.05, 0) is 46.4 Å². The maximum absolute atomic E-state index is 12.3. The van der Waals surface area contributed by atoms with E-state index in [1.54, 1.807) is 14.2 Å². The molecule has 0 bridgehead atoms. The molecule has 3 aliphatic heterocycles. The Morgan fingerprint density at radius 1 is 0.734 bits per heavy atom. The Labute approximate surface area is 378 Å². The molecule has 6 rings (SSSR count). The lowest BCUT2D eigenvalue weighted by atomic mass is 9.89. The summed E-state index contributed by atoms with van der Waals surface area (Å²) in [7, 11) is 3.29. The van der Waals surface area contributed by atoms with Crippen LogP contribution in [0.2, 0.25) is 0 Å². The predicted molar refractivity (Wildman–Crippen MR) is 234 cm³/mol. The van der Waals surface area contributed by atoms with Gasteiger partial charge in [-0.3, -0.25) is 24.1 Å². The quantitative estimate of drug-likeness (QED) is 0.111. The molecule has 0 radical (unpaired) electrons. The lowest BCUT2D eigenvalue weighted by Gasteiger charge is -2.44. The normalized spacial score (nSPS) is 25.5. The first kappa shape index (κ1) is 48.3. The summed E-state index contributed by atoms with van der Waals surface area (Å²) in [4.78, 5) is 51.1. The topological polar surface area (TPSA) is 187 Å². The number of hydrogen-bond donors (Lipinski definition) is 2. The molecule has 3 heterocycles. The van der Waals surface area contributed by atoms with Crippen molar-refractivity contribution in [2.24, 2.45) is 5.92 Å². The van der Waals surface area contributed by atoms with E-state index in [1.807, 2.05) is 48.5 Å². The molecule has 3 aliphatic rings. The van der Waals surface area contributed by atoms with Crippen LogP contribution in [0.3, 0.4) is 0 Å². The second-order valence-corrected chi connectivity index (χ2v) is 16.7. The number of ether oxygens (including phenoxy) is 9. The molecule has 0 amide bonds. The fourth-order valence-electron chi connectivity index (χ4n) is 8.41. The third-order valence-corrected chi connectivity index (χ3v) is 11.9. The van der Waals surface area contributed by atoms with Gasteiger partial charge in [0.05, 0.1) is 38.0 Å². The Kier molecular flexibility index (Phi) is 16.7. The van der Waals surface area contributed by atoms with Gasteiger partial charge in [0.1, 0.15) is 18.8 Å². The Morgan fingerprint density at radius 2 is 1.31 bits per heavy atom. The molecule has 0 saturated carbocycles. The summed E-state index contributed by atoms with van der Waals surface area (Å²) in [5.74, 6) is -1.30. The van der Waals surface area contributed by atoms with Gasteiger partial charge in [-0.2, -0.15) is 0 Å². The molecule has 9 unspecified atom stereocenters. The van der Waals surface area contributed by atoms with Gasteiger partial charge in [0, 0.05) is 71.8 Å². The largest absolute Gasteiger partial charge is 0.493 e. The van der Waals surface area contributed by atoms with Crippen LogP contribution in [0.15, 0.2) is 60.7 Å². The Morgan fingerprint density at radius 3 is 1.91 bits per heavy atom. The first-order valence-corrected chi connectivity index (χ1v) is 21.7. The van der Waals surface area contributed by atoms with Crippen molar-refractivity contribution in [2.45, 2.75) is 116 Å². The Balaban J connectivity index is 1.15. The zero-order valence-corrected chi connectivity index (χ0v) is 38.1. The summed E-state index contributed by atoms with van der Waals surface area (Å²) >= 11 is 5.73. The highest BCUT2D eigenvalue weighted by Gasteiger charge is 2.52. The van der Waals surface area contributed by atoms with Gasteiger partial charge in [-0.25, -0.2) is 0 Å². The monoisotopic (exact) mass is 906 g/mol. The van der Waals surface area contributed by atoms with E-state index in [1.165, 1.54) is 38.8 Å². The van der Waals surface area contributed by atoms with Crippen molar-refractivity contribution in [3.05, 3.63) is 94.0 Å². The number of carbonyl (C=O) groups is 4. The van der Waals surface area contributed by atoms with Crippen LogP contribution in [0.25, 0.3) is 0 Å². The number of fused-ring (bicyclic) bond motifs is 1. The van der Waals surface area contributed by atoms with E-state index in [4.69, 9.17) is 54.8 Å². The summed E-state index contributed by atoms with van der Waals surface area (Å²) in [6.45, 7) is 9.11. The molecule has 9 atom stereocenters. The number of rotatable bonds is 16. The molecular weight excluding hydrogens is 849 g/mol. The molecule has 2 N–H and O–H groups in total. The fraction of sp³-hybridized carbons (Fsp3) is 0.511. The zero-order valence-electron chi connectivity index (χ0n) is 37.2. The number of nitrogens with zero attached hydrogens (tertiary/aromatic N) is 1. The maximum atomic E-state index is 12.3.